The highest BCUT2D eigenvalue weighted by molar-refractivity contribution is 7.50. The first-order valence-electron chi connectivity index (χ1n) is 19.0. The second-order valence-electron chi connectivity index (χ2n) is 14.6. The summed E-state index contributed by atoms with van der Waals surface area (Å²) in [6, 6.07) is 0. The maximum absolute atomic E-state index is 13.8. The Hall–Kier alpha value is -4.74. The van der Waals surface area contributed by atoms with Gasteiger partial charge in [0.15, 0.2) is 40.7 Å². The number of hydrogen-bond donors (Lipinski definition) is 3. The molecule has 0 saturated carbocycles. The number of rotatable bonds is 16. The van der Waals surface area contributed by atoms with Gasteiger partial charge in [-0.3, -0.25) is 27.4 Å². The van der Waals surface area contributed by atoms with Gasteiger partial charge in [0, 0.05) is 33.0 Å². The van der Waals surface area contributed by atoms with Crippen molar-refractivity contribution in [1.29, 1.82) is 0 Å². The molecule has 3 aliphatic rings. The molecule has 0 radical (unpaired) electrons. The summed E-state index contributed by atoms with van der Waals surface area (Å²) in [5.41, 5.74) is 19.3. The summed E-state index contributed by atoms with van der Waals surface area (Å²) in [7, 11) is -13.9. The van der Waals surface area contributed by atoms with Gasteiger partial charge < -0.3 is 73.5 Å². The van der Waals surface area contributed by atoms with E-state index in [1.54, 1.807) is 4.57 Å². The molecule has 30 nitrogen and oxygen atoms in total. The average molecular weight is 953 g/mol. The third-order valence-electron chi connectivity index (χ3n) is 10.4. The summed E-state index contributed by atoms with van der Waals surface area (Å²) in [4.78, 5) is 76.2. The molecule has 0 bridgehead atoms. The Kier molecular flexibility index (Phi) is 12.0. The SMILES string of the molecule is COC1C[C@H](n2cnc3c(N)ncnc32)O[C@@H]1COP(=O)([O-])O[C@H]1O[C@@H](n2cnc3c(N)ncnc32)C[C@H]1OP(=O)([O-])OC1C[C@H](n2cnc3c(N)ncnc32)O[C@@H]1COP(C)(=O)[O-]. The van der Waals surface area contributed by atoms with E-state index in [1.165, 1.54) is 47.9 Å². The topological polar surface area (TPSA) is 412 Å². The Morgan fingerprint density at radius 1 is 0.594 bits per heavy atom. The summed E-state index contributed by atoms with van der Waals surface area (Å²) in [5.74, 6) is 0.235. The minimum absolute atomic E-state index is 0.0215. The highest BCUT2D eigenvalue weighted by Crippen LogP contribution is 2.52. The zero-order chi connectivity index (χ0) is 45.1. The highest BCUT2D eigenvalue weighted by atomic mass is 31.2. The predicted octanol–water partition coefficient (Wildman–Crippen LogP) is -0.972. The van der Waals surface area contributed by atoms with E-state index in [0.29, 0.717) is 11.2 Å². The fraction of sp³-hybridized carbons (Fsp3) is 0.516. The normalized spacial score (nSPS) is 29.1. The number of aromatic nitrogens is 12. The molecule has 6 aromatic rings. The molecule has 33 heteroatoms. The molecular weight excluding hydrogens is 915 g/mol. The minimum atomic E-state index is -5.54. The van der Waals surface area contributed by atoms with Crippen LogP contribution < -0.4 is 31.9 Å². The number of ether oxygens (including phenoxy) is 4. The lowest BCUT2D eigenvalue weighted by Crippen LogP contribution is -2.34. The van der Waals surface area contributed by atoms with Crippen molar-refractivity contribution in [2.45, 2.75) is 74.8 Å². The van der Waals surface area contributed by atoms with E-state index in [0.717, 1.165) is 13.0 Å². The number of phosphoric acid groups is 2. The molecule has 9 heterocycles. The van der Waals surface area contributed by atoms with E-state index in [4.69, 9.17) is 58.8 Å². The third kappa shape index (κ3) is 9.08. The maximum Gasteiger partial charge on any atom is 0.270 e. The number of fused-ring (bicyclic) bond motifs is 3. The van der Waals surface area contributed by atoms with Crippen molar-refractivity contribution in [3.63, 3.8) is 0 Å². The van der Waals surface area contributed by atoms with Gasteiger partial charge in [0.05, 0.1) is 44.4 Å². The van der Waals surface area contributed by atoms with Crippen molar-refractivity contribution in [2.24, 2.45) is 0 Å². The van der Waals surface area contributed by atoms with E-state index in [2.05, 4.69) is 44.9 Å². The quantitative estimate of drug-likeness (QED) is 0.0982. The molecule has 9 rings (SSSR count). The van der Waals surface area contributed by atoms with Crippen LogP contribution in [0.2, 0.25) is 0 Å². The number of imidazole rings is 3. The molecule has 0 amide bonds. The number of methoxy groups -OCH3 is 1. The van der Waals surface area contributed by atoms with E-state index in [9.17, 15) is 28.4 Å². The zero-order valence-electron chi connectivity index (χ0n) is 33.3. The van der Waals surface area contributed by atoms with Gasteiger partial charge in [-0.1, -0.05) is 0 Å². The molecule has 6 N–H and O–H groups in total. The van der Waals surface area contributed by atoms with Crippen LogP contribution in [0.15, 0.2) is 38.0 Å². The van der Waals surface area contributed by atoms with Crippen LogP contribution in [0.4, 0.5) is 17.5 Å². The molecule has 0 spiro atoms. The molecule has 3 fully saturated rings. The van der Waals surface area contributed by atoms with Crippen molar-refractivity contribution in [3.8, 4) is 0 Å². The van der Waals surface area contributed by atoms with Gasteiger partial charge in [-0.2, -0.15) is 0 Å². The second-order valence-corrected chi connectivity index (χ2v) is 19.1. The molecular formula is C31H37N15O15P3-3. The van der Waals surface area contributed by atoms with Gasteiger partial charge in [-0.25, -0.2) is 44.9 Å². The Morgan fingerprint density at radius 2 is 1.02 bits per heavy atom. The average Bonchev–Trinajstić information content (AvgIpc) is 4.09. The van der Waals surface area contributed by atoms with Gasteiger partial charge in [0.25, 0.3) is 15.6 Å². The van der Waals surface area contributed by atoms with Crippen LogP contribution in [0.5, 0.6) is 0 Å². The Balaban J connectivity index is 0.927. The number of nitrogen functional groups attached to an aromatic ring is 3. The standard InChI is InChI=1S/C31H40N15O15P3/c1-53-14-3-19(44-11-41-22-25(32)35-8-38-28(22)44)56-17(14)7-55-63(49,50)61-31-16(5-21(58-31)46-13-43-24-27(34)37-10-40-30(24)46)60-64(51,52)59-15-4-20(57-18(15)6-54-62(2,47)48)45-12-42-23-26(33)36-9-39-29(23)45/h8-21,31H,3-7H2,1-2H3,(H,47,48)(H,49,50)(H,51,52)(H2,32,35,38)(H2,33,36,39)(H2,34,37,40)/p-3/t14?,15?,16-,17-,18-,19-,20-,21-,31-/m1/s1. The molecule has 0 aromatic carbocycles. The Labute approximate surface area is 359 Å². The van der Waals surface area contributed by atoms with Gasteiger partial charge in [-0.05, 0) is 0 Å². The van der Waals surface area contributed by atoms with E-state index in [-0.39, 0.29) is 52.6 Å². The molecule has 3 saturated heterocycles. The number of nitrogens with zero attached hydrogens (tertiary/aromatic N) is 12. The molecule has 64 heavy (non-hydrogen) atoms. The van der Waals surface area contributed by atoms with Crippen LogP contribution in [0.1, 0.15) is 37.9 Å². The first-order valence-corrected chi connectivity index (χ1v) is 23.9. The molecule has 0 aliphatic carbocycles. The monoisotopic (exact) mass is 952 g/mol. The molecule has 12 atom stereocenters. The van der Waals surface area contributed by atoms with Crippen LogP contribution in [0.3, 0.4) is 0 Å². The van der Waals surface area contributed by atoms with Gasteiger partial charge in [0.1, 0.15) is 80.1 Å². The zero-order valence-corrected chi connectivity index (χ0v) is 35.9. The molecule has 5 unspecified atom stereocenters. The summed E-state index contributed by atoms with van der Waals surface area (Å²) in [5, 5.41) is 0. The molecule has 344 valence electrons. The van der Waals surface area contributed by atoms with E-state index < -0.39 is 98.4 Å². The number of phosphoric ester groups is 2. The van der Waals surface area contributed by atoms with Crippen LogP contribution in [-0.2, 0) is 55.3 Å². The van der Waals surface area contributed by atoms with Gasteiger partial charge >= 0.3 is 0 Å². The fourth-order valence-electron chi connectivity index (χ4n) is 7.50. The maximum atomic E-state index is 13.8. The van der Waals surface area contributed by atoms with Crippen molar-refractivity contribution in [1.82, 2.24) is 58.6 Å². The van der Waals surface area contributed by atoms with Gasteiger partial charge in [0.2, 0.25) is 0 Å². The first-order chi connectivity index (χ1) is 30.5. The largest absolute Gasteiger partial charge is 0.779 e. The second kappa shape index (κ2) is 17.2. The number of anilines is 3. The first kappa shape index (κ1) is 44.5. The van der Waals surface area contributed by atoms with Crippen molar-refractivity contribution in [2.75, 3.05) is 44.2 Å². The van der Waals surface area contributed by atoms with Crippen molar-refractivity contribution in [3.05, 3.63) is 38.0 Å². The minimum Gasteiger partial charge on any atom is -0.779 e. The van der Waals surface area contributed by atoms with E-state index >= 15 is 0 Å². The Bertz CT molecular complexity index is 2830. The highest BCUT2D eigenvalue weighted by Gasteiger charge is 2.46. The third-order valence-corrected chi connectivity index (χ3v) is 13.0. The lowest BCUT2D eigenvalue weighted by molar-refractivity contribution is -0.262. The van der Waals surface area contributed by atoms with Crippen LogP contribution in [0.25, 0.3) is 33.5 Å². The van der Waals surface area contributed by atoms with Crippen LogP contribution in [0, 0.1) is 0 Å². The van der Waals surface area contributed by atoms with Gasteiger partial charge in [-0.15, -0.1) is 0 Å². The van der Waals surface area contributed by atoms with Crippen LogP contribution >= 0.6 is 23.2 Å². The number of hydrogen-bond acceptors (Lipinski definition) is 27. The summed E-state index contributed by atoms with van der Waals surface area (Å²) >= 11 is 0. The fourth-order valence-corrected chi connectivity index (χ4v) is 9.87. The summed E-state index contributed by atoms with van der Waals surface area (Å²) in [6.45, 7) is -0.449. The smallest absolute Gasteiger partial charge is 0.270 e. The van der Waals surface area contributed by atoms with Crippen LogP contribution in [-0.4, -0.2) is 122 Å². The van der Waals surface area contributed by atoms with E-state index in [1.807, 2.05) is 0 Å². The number of nitrogens with two attached hydrogens (primary N) is 3. The summed E-state index contributed by atoms with van der Waals surface area (Å²) in [6.07, 6.45) is -3.83. The summed E-state index contributed by atoms with van der Waals surface area (Å²) < 4.78 is 93.8. The lowest BCUT2D eigenvalue weighted by atomic mass is 10.2. The van der Waals surface area contributed by atoms with Crippen molar-refractivity contribution >= 4 is 74.2 Å². The van der Waals surface area contributed by atoms with Crippen molar-refractivity contribution < 1.29 is 69.9 Å². The predicted molar refractivity (Wildman–Crippen MR) is 207 cm³/mol. The Morgan fingerprint density at radius 3 is 1.50 bits per heavy atom. The molecule has 6 aromatic heterocycles. The lowest BCUT2D eigenvalue weighted by Gasteiger charge is -2.33. The molecule has 3 aliphatic heterocycles.